The Hall–Kier alpha value is -0.620. The van der Waals surface area contributed by atoms with Crippen molar-refractivity contribution in [2.45, 2.75) is 56.9 Å². The Labute approximate surface area is 145 Å². The molecule has 0 bridgehead atoms. The lowest BCUT2D eigenvalue weighted by atomic mass is 10.0. The Bertz CT molecular complexity index is 625. The smallest absolute Gasteiger partial charge is 0.244 e. The summed E-state index contributed by atoms with van der Waals surface area (Å²) in [6.45, 7) is 8.37. The number of nitrogens with zero attached hydrogens (tertiary/aromatic N) is 1. The number of halogens is 1. The van der Waals surface area contributed by atoms with Crippen molar-refractivity contribution in [2.75, 3.05) is 19.6 Å². The summed E-state index contributed by atoms with van der Waals surface area (Å²) < 4.78 is 28.1. The molecular formula is C17H27ClN2O2S. The molecule has 6 heteroatoms. The van der Waals surface area contributed by atoms with Gasteiger partial charge in [0.15, 0.2) is 0 Å². The van der Waals surface area contributed by atoms with Gasteiger partial charge in [-0.2, -0.15) is 4.31 Å². The van der Waals surface area contributed by atoms with Crippen LogP contribution < -0.4 is 5.32 Å². The predicted molar refractivity (Wildman–Crippen MR) is 95.6 cm³/mol. The van der Waals surface area contributed by atoms with Crippen LogP contribution in [0.2, 0.25) is 5.02 Å². The van der Waals surface area contributed by atoms with E-state index in [-0.39, 0.29) is 16.9 Å². The molecule has 0 radical (unpaired) electrons. The third kappa shape index (κ3) is 4.27. The van der Waals surface area contributed by atoms with Crippen molar-refractivity contribution in [3.8, 4) is 0 Å². The summed E-state index contributed by atoms with van der Waals surface area (Å²) in [5, 5.41) is 3.60. The Morgan fingerprint density at radius 3 is 2.52 bits per heavy atom. The van der Waals surface area contributed by atoms with E-state index in [1.165, 1.54) is 0 Å². The van der Waals surface area contributed by atoms with E-state index < -0.39 is 10.0 Å². The molecule has 23 heavy (non-hydrogen) atoms. The fourth-order valence-corrected chi connectivity index (χ4v) is 5.31. The maximum absolute atomic E-state index is 13.2. The second-order valence-corrected chi connectivity index (χ2v) is 8.71. The molecule has 0 atom stereocenters. The quantitative estimate of drug-likeness (QED) is 0.845. The van der Waals surface area contributed by atoms with Crippen molar-refractivity contribution in [2.24, 2.45) is 0 Å². The van der Waals surface area contributed by atoms with Crippen molar-refractivity contribution >= 4 is 21.6 Å². The zero-order chi connectivity index (χ0) is 17.0. The van der Waals surface area contributed by atoms with Crippen LogP contribution in [0.1, 0.15) is 51.5 Å². The summed E-state index contributed by atoms with van der Waals surface area (Å²) in [5.74, 6) is 0.264. The molecule has 0 aromatic heterocycles. The van der Waals surface area contributed by atoms with Crippen molar-refractivity contribution in [1.29, 1.82) is 0 Å². The predicted octanol–water partition coefficient (Wildman–Crippen LogP) is 3.62. The molecule has 1 saturated heterocycles. The van der Waals surface area contributed by atoms with Gasteiger partial charge >= 0.3 is 0 Å². The number of rotatable bonds is 6. The average Bonchev–Trinajstić information content (AvgIpc) is 2.53. The molecular weight excluding hydrogens is 332 g/mol. The van der Waals surface area contributed by atoms with Crippen molar-refractivity contribution in [3.63, 3.8) is 0 Å². The lowest BCUT2D eigenvalue weighted by Crippen LogP contribution is -2.46. The summed E-state index contributed by atoms with van der Waals surface area (Å²) in [6.07, 6.45) is 2.49. The first kappa shape index (κ1) is 18.7. The molecule has 1 aromatic carbocycles. The van der Waals surface area contributed by atoms with Crippen molar-refractivity contribution < 1.29 is 8.42 Å². The molecule has 4 nitrogen and oxygen atoms in total. The number of hydrogen-bond acceptors (Lipinski definition) is 3. The topological polar surface area (TPSA) is 49.4 Å². The first-order valence-corrected chi connectivity index (χ1v) is 10.2. The number of sulfonamides is 1. The molecule has 0 unspecified atom stereocenters. The van der Waals surface area contributed by atoms with E-state index in [0.717, 1.165) is 37.9 Å². The van der Waals surface area contributed by atoms with E-state index in [1.54, 1.807) is 16.4 Å². The highest BCUT2D eigenvalue weighted by molar-refractivity contribution is 7.89. The first-order chi connectivity index (χ1) is 10.9. The van der Waals surface area contributed by atoms with Gasteiger partial charge in [-0.15, -0.1) is 0 Å². The van der Waals surface area contributed by atoms with Crippen molar-refractivity contribution in [3.05, 3.63) is 28.8 Å². The fourth-order valence-electron chi connectivity index (χ4n) is 3.02. The molecule has 1 aliphatic heterocycles. The van der Waals surface area contributed by atoms with Crippen LogP contribution >= 0.6 is 11.6 Å². The summed E-state index contributed by atoms with van der Waals surface area (Å²) in [5.41, 5.74) is 0.995. The van der Waals surface area contributed by atoms with Gasteiger partial charge < -0.3 is 5.32 Å². The van der Waals surface area contributed by atoms with E-state index in [9.17, 15) is 8.42 Å². The van der Waals surface area contributed by atoms with E-state index in [1.807, 2.05) is 13.0 Å². The third-order valence-electron chi connectivity index (χ3n) is 4.37. The second kappa shape index (κ2) is 7.97. The van der Waals surface area contributed by atoms with Crippen LogP contribution in [0.25, 0.3) is 0 Å². The standard InChI is InChI=1S/C17H27ClN2O2S/c1-4-11-20(15-7-9-19-10-8-15)23(21,22)17-12-14(13(2)3)5-6-16(17)18/h5-6,12-13,15,19H,4,7-11H2,1-3H3. The highest BCUT2D eigenvalue weighted by Gasteiger charge is 2.33. The maximum Gasteiger partial charge on any atom is 0.244 e. The normalized spacial score (nSPS) is 17.1. The Morgan fingerprint density at radius 2 is 1.96 bits per heavy atom. The Morgan fingerprint density at radius 1 is 1.30 bits per heavy atom. The molecule has 0 saturated carbocycles. The molecule has 130 valence electrons. The lowest BCUT2D eigenvalue weighted by molar-refractivity contribution is 0.262. The number of benzene rings is 1. The van der Waals surface area contributed by atoms with E-state index in [4.69, 9.17) is 11.6 Å². The molecule has 1 aliphatic rings. The minimum Gasteiger partial charge on any atom is -0.317 e. The Balaban J connectivity index is 2.42. The highest BCUT2D eigenvalue weighted by atomic mass is 35.5. The van der Waals surface area contributed by atoms with Gasteiger partial charge in [-0.05, 0) is 56.0 Å². The van der Waals surface area contributed by atoms with E-state index in [2.05, 4.69) is 19.2 Å². The first-order valence-electron chi connectivity index (χ1n) is 8.40. The van der Waals surface area contributed by atoms with Gasteiger partial charge in [0.1, 0.15) is 4.90 Å². The lowest BCUT2D eigenvalue weighted by Gasteiger charge is -2.34. The van der Waals surface area contributed by atoms with Gasteiger partial charge in [0.2, 0.25) is 10.0 Å². The van der Waals surface area contributed by atoms with Gasteiger partial charge in [0, 0.05) is 12.6 Å². The fraction of sp³-hybridized carbons (Fsp3) is 0.647. The van der Waals surface area contributed by atoms with Crippen LogP contribution in [0.4, 0.5) is 0 Å². The zero-order valence-corrected chi connectivity index (χ0v) is 15.8. The van der Waals surface area contributed by atoms with Crippen LogP contribution in [0.5, 0.6) is 0 Å². The Kier molecular flexibility index (Phi) is 6.48. The number of piperidine rings is 1. The highest BCUT2D eigenvalue weighted by Crippen LogP contribution is 2.30. The van der Waals surface area contributed by atoms with Gasteiger partial charge in [-0.1, -0.05) is 38.4 Å². The van der Waals surface area contributed by atoms with Gasteiger partial charge in [0.05, 0.1) is 5.02 Å². The largest absolute Gasteiger partial charge is 0.317 e. The van der Waals surface area contributed by atoms with Gasteiger partial charge in [-0.25, -0.2) is 8.42 Å². The van der Waals surface area contributed by atoms with Crippen LogP contribution in [-0.2, 0) is 10.0 Å². The van der Waals surface area contributed by atoms with Crippen LogP contribution in [0.3, 0.4) is 0 Å². The third-order valence-corrected chi connectivity index (χ3v) is 6.80. The average molecular weight is 359 g/mol. The summed E-state index contributed by atoms with van der Waals surface area (Å²) in [7, 11) is -3.58. The second-order valence-electron chi connectivity index (χ2n) is 6.44. The van der Waals surface area contributed by atoms with E-state index in [0.29, 0.717) is 11.6 Å². The monoisotopic (exact) mass is 358 g/mol. The molecule has 2 rings (SSSR count). The zero-order valence-electron chi connectivity index (χ0n) is 14.2. The van der Waals surface area contributed by atoms with E-state index >= 15 is 0 Å². The molecule has 1 fully saturated rings. The van der Waals surface area contributed by atoms with Gasteiger partial charge in [0.25, 0.3) is 0 Å². The minimum atomic E-state index is -3.58. The molecule has 0 aliphatic carbocycles. The van der Waals surface area contributed by atoms with Gasteiger partial charge in [-0.3, -0.25) is 0 Å². The number of hydrogen-bond donors (Lipinski definition) is 1. The summed E-state index contributed by atoms with van der Waals surface area (Å²) in [4.78, 5) is 0.248. The SMILES string of the molecule is CCCN(C1CCNCC1)S(=O)(=O)c1cc(C(C)C)ccc1Cl. The molecule has 0 amide bonds. The molecule has 1 heterocycles. The number of nitrogens with one attached hydrogen (secondary N) is 1. The summed E-state index contributed by atoms with van der Waals surface area (Å²) >= 11 is 6.25. The van der Waals surface area contributed by atoms with Crippen molar-refractivity contribution in [1.82, 2.24) is 9.62 Å². The van der Waals surface area contributed by atoms with Crippen LogP contribution in [-0.4, -0.2) is 38.4 Å². The van der Waals surface area contributed by atoms with Crippen LogP contribution in [0.15, 0.2) is 23.1 Å². The molecule has 1 N–H and O–H groups in total. The maximum atomic E-state index is 13.2. The molecule has 0 spiro atoms. The minimum absolute atomic E-state index is 0.0555. The van der Waals surface area contributed by atoms with Crippen LogP contribution in [0, 0.1) is 0 Å². The molecule has 1 aromatic rings. The summed E-state index contributed by atoms with van der Waals surface area (Å²) in [6, 6.07) is 5.41.